The second-order valence-electron chi connectivity index (χ2n) is 4.58. The number of carbonyl (C=O) groups is 1. The van der Waals surface area contributed by atoms with Crippen molar-refractivity contribution < 1.29 is 18.1 Å². The van der Waals surface area contributed by atoms with Gasteiger partial charge in [0.25, 0.3) is 21.6 Å². The van der Waals surface area contributed by atoms with Gasteiger partial charge in [0.15, 0.2) is 0 Å². The predicted molar refractivity (Wildman–Crippen MR) is 82.1 cm³/mol. The molecule has 2 aromatic rings. The number of nitro benzene ring substituents is 1. The molecule has 0 unspecified atom stereocenters. The van der Waals surface area contributed by atoms with Crippen molar-refractivity contribution in [1.29, 1.82) is 0 Å². The van der Waals surface area contributed by atoms with E-state index >= 15 is 0 Å². The molecule has 0 atom stereocenters. The Morgan fingerprint density at radius 1 is 1.09 bits per heavy atom. The van der Waals surface area contributed by atoms with Crippen molar-refractivity contribution in [3.63, 3.8) is 0 Å². The van der Waals surface area contributed by atoms with Crippen molar-refractivity contribution in [2.45, 2.75) is 11.8 Å². The minimum Gasteiger partial charge on any atom is -0.273 e. The van der Waals surface area contributed by atoms with E-state index in [2.05, 4.69) is 0 Å². The Hall–Kier alpha value is -2.78. The van der Waals surface area contributed by atoms with Crippen LogP contribution < -0.4 is 10.3 Å². The Labute approximate surface area is 132 Å². The molecule has 2 rings (SSSR count). The summed E-state index contributed by atoms with van der Waals surface area (Å²) in [7, 11) is -3.92. The van der Waals surface area contributed by atoms with Crippen molar-refractivity contribution in [2.24, 2.45) is 0 Å². The Morgan fingerprint density at radius 3 is 2.35 bits per heavy atom. The number of carbonyl (C=O) groups excluding carboxylic acids is 1. The third kappa shape index (κ3) is 3.71. The van der Waals surface area contributed by atoms with Crippen LogP contribution in [0.5, 0.6) is 0 Å². The van der Waals surface area contributed by atoms with Crippen molar-refractivity contribution in [1.82, 2.24) is 10.3 Å². The highest BCUT2D eigenvalue weighted by Gasteiger charge is 2.20. The van der Waals surface area contributed by atoms with Gasteiger partial charge < -0.3 is 0 Å². The molecule has 1 amide bonds. The summed E-state index contributed by atoms with van der Waals surface area (Å²) in [6.07, 6.45) is 0. The molecule has 0 spiro atoms. The molecule has 0 bridgehead atoms. The highest BCUT2D eigenvalue weighted by Crippen LogP contribution is 2.20. The lowest BCUT2D eigenvalue weighted by molar-refractivity contribution is -0.385. The summed E-state index contributed by atoms with van der Waals surface area (Å²) in [6.45, 7) is 1.42. The van der Waals surface area contributed by atoms with Crippen LogP contribution in [-0.4, -0.2) is 19.2 Å². The molecular formula is C14H13N3O5S. The molecule has 2 N–H and O–H groups in total. The topological polar surface area (TPSA) is 118 Å². The van der Waals surface area contributed by atoms with Crippen LogP contribution in [0, 0.1) is 17.0 Å². The van der Waals surface area contributed by atoms with Crippen LogP contribution in [0.15, 0.2) is 53.4 Å². The van der Waals surface area contributed by atoms with Gasteiger partial charge in [-0.3, -0.25) is 20.3 Å². The molecule has 0 aliphatic carbocycles. The number of benzene rings is 2. The summed E-state index contributed by atoms with van der Waals surface area (Å²) in [5, 5.41) is 10.9. The van der Waals surface area contributed by atoms with E-state index in [-0.39, 0.29) is 21.7 Å². The number of sulfonamides is 1. The molecule has 0 aromatic heterocycles. The van der Waals surface area contributed by atoms with E-state index in [1.54, 1.807) is 18.2 Å². The van der Waals surface area contributed by atoms with Gasteiger partial charge in [0, 0.05) is 11.6 Å². The number of hydrazine groups is 1. The first-order valence-corrected chi connectivity index (χ1v) is 7.92. The van der Waals surface area contributed by atoms with Gasteiger partial charge in [-0.05, 0) is 25.1 Å². The second kappa shape index (κ2) is 6.55. The summed E-state index contributed by atoms with van der Waals surface area (Å²) in [5.41, 5.74) is 1.98. The average Bonchev–Trinajstić information content (AvgIpc) is 2.53. The van der Waals surface area contributed by atoms with E-state index in [0.29, 0.717) is 0 Å². The van der Waals surface area contributed by atoms with E-state index in [0.717, 1.165) is 0 Å². The van der Waals surface area contributed by atoms with Crippen molar-refractivity contribution in [3.05, 3.63) is 69.8 Å². The fourth-order valence-electron chi connectivity index (χ4n) is 1.91. The van der Waals surface area contributed by atoms with E-state index in [4.69, 9.17) is 0 Å². The van der Waals surface area contributed by atoms with Gasteiger partial charge in [-0.2, -0.15) is 0 Å². The van der Waals surface area contributed by atoms with E-state index in [9.17, 15) is 23.3 Å². The number of rotatable bonds is 5. The Morgan fingerprint density at radius 2 is 1.74 bits per heavy atom. The quantitative estimate of drug-likeness (QED) is 0.634. The molecule has 2 aromatic carbocycles. The fraction of sp³-hybridized carbons (Fsp3) is 0.0714. The molecule has 0 radical (unpaired) electrons. The molecule has 0 fully saturated rings. The fourth-order valence-corrected chi connectivity index (χ4v) is 2.77. The third-order valence-electron chi connectivity index (χ3n) is 3.10. The van der Waals surface area contributed by atoms with E-state index < -0.39 is 20.9 Å². The van der Waals surface area contributed by atoms with Gasteiger partial charge in [0.05, 0.1) is 15.4 Å². The third-order valence-corrected chi connectivity index (χ3v) is 4.36. The minimum absolute atomic E-state index is 0.00922. The van der Waals surface area contributed by atoms with Gasteiger partial charge in [-0.15, -0.1) is 4.83 Å². The number of hydrogen-bond donors (Lipinski definition) is 2. The number of nitrogens with zero attached hydrogens (tertiary/aromatic N) is 1. The van der Waals surface area contributed by atoms with Crippen molar-refractivity contribution in [3.8, 4) is 0 Å². The van der Waals surface area contributed by atoms with Crippen LogP contribution in [0.3, 0.4) is 0 Å². The van der Waals surface area contributed by atoms with Crippen LogP contribution in [0.25, 0.3) is 0 Å². The first-order valence-electron chi connectivity index (χ1n) is 6.44. The number of hydrogen-bond acceptors (Lipinski definition) is 5. The Balaban J connectivity index is 2.18. The van der Waals surface area contributed by atoms with Gasteiger partial charge in [0.2, 0.25) is 0 Å². The summed E-state index contributed by atoms with van der Waals surface area (Å²) in [6, 6.07) is 11.5. The molecule has 8 nitrogen and oxygen atoms in total. The highest BCUT2D eigenvalue weighted by atomic mass is 32.2. The largest absolute Gasteiger partial charge is 0.273 e. The zero-order valence-corrected chi connectivity index (χ0v) is 12.8. The lowest BCUT2D eigenvalue weighted by Gasteiger charge is -2.10. The highest BCUT2D eigenvalue weighted by molar-refractivity contribution is 7.89. The Kier molecular flexibility index (Phi) is 4.72. The average molecular weight is 335 g/mol. The van der Waals surface area contributed by atoms with Crippen LogP contribution in [0.4, 0.5) is 5.69 Å². The van der Waals surface area contributed by atoms with Crippen molar-refractivity contribution >= 4 is 21.6 Å². The van der Waals surface area contributed by atoms with E-state index in [1.807, 2.05) is 10.3 Å². The summed E-state index contributed by atoms with van der Waals surface area (Å²) in [5.74, 6) is -0.786. The minimum atomic E-state index is -3.92. The molecular weight excluding hydrogens is 322 g/mol. The summed E-state index contributed by atoms with van der Waals surface area (Å²) >= 11 is 0. The maximum Gasteiger partial charge on any atom is 0.273 e. The van der Waals surface area contributed by atoms with E-state index in [1.165, 1.54) is 37.3 Å². The maximum atomic E-state index is 12.1. The van der Waals surface area contributed by atoms with Gasteiger partial charge >= 0.3 is 0 Å². The molecule has 0 saturated heterocycles. The maximum absolute atomic E-state index is 12.1. The normalized spacial score (nSPS) is 11.0. The van der Waals surface area contributed by atoms with Crippen LogP contribution in [0.2, 0.25) is 0 Å². The number of nitro groups is 1. The molecule has 120 valence electrons. The molecule has 0 aliphatic rings. The lowest BCUT2D eigenvalue weighted by atomic mass is 10.1. The zero-order chi connectivity index (χ0) is 17.0. The van der Waals surface area contributed by atoms with Crippen molar-refractivity contribution in [2.75, 3.05) is 0 Å². The van der Waals surface area contributed by atoms with Crippen LogP contribution in [-0.2, 0) is 10.0 Å². The SMILES string of the molecule is Cc1c(C(=O)NNS(=O)(=O)c2ccccc2)cccc1[N+](=O)[O-]. The lowest BCUT2D eigenvalue weighted by Crippen LogP contribution is -2.41. The predicted octanol–water partition coefficient (Wildman–Crippen LogP) is 1.53. The molecule has 0 saturated carbocycles. The molecule has 0 aliphatic heterocycles. The molecule has 0 heterocycles. The van der Waals surface area contributed by atoms with Crippen LogP contribution in [0.1, 0.15) is 15.9 Å². The number of nitrogens with one attached hydrogen (secondary N) is 2. The molecule has 23 heavy (non-hydrogen) atoms. The standard InChI is InChI=1S/C14H13N3O5S/c1-10-12(8-5-9-13(10)17(19)20)14(18)15-16-23(21,22)11-6-3-2-4-7-11/h2-9,16H,1H3,(H,15,18). The Bertz CT molecular complexity index is 850. The first-order chi connectivity index (χ1) is 10.8. The smallest absolute Gasteiger partial charge is 0.273 e. The first kappa shape index (κ1) is 16.6. The van der Waals surface area contributed by atoms with Gasteiger partial charge in [-0.1, -0.05) is 24.3 Å². The summed E-state index contributed by atoms with van der Waals surface area (Å²) < 4.78 is 24.0. The van der Waals surface area contributed by atoms with Gasteiger partial charge in [0.1, 0.15) is 0 Å². The molecule has 9 heteroatoms. The van der Waals surface area contributed by atoms with Gasteiger partial charge in [-0.25, -0.2) is 8.42 Å². The number of amides is 1. The second-order valence-corrected chi connectivity index (χ2v) is 6.26. The van der Waals surface area contributed by atoms with Crippen LogP contribution >= 0.6 is 0 Å². The zero-order valence-electron chi connectivity index (χ0n) is 12.0. The summed E-state index contributed by atoms with van der Waals surface area (Å²) in [4.78, 5) is 24.2. The monoisotopic (exact) mass is 335 g/mol.